The summed E-state index contributed by atoms with van der Waals surface area (Å²) in [6.45, 7) is 6.38. The lowest BCUT2D eigenvalue weighted by Crippen LogP contribution is -2.14. The summed E-state index contributed by atoms with van der Waals surface area (Å²) in [6.07, 6.45) is 0. The number of hydrogen-bond acceptors (Lipinski definition) is 4. The number of ether oxygens (including phenoxy) is 1. The third-order valence-electron chi connectivity index (χ3n) is 3.81. The van der Waals surface area contributed by atoms with Crippen LogP contribution in [0.2, 0.25) is 0 Å². The molecule has 3 aromatic rings. The van der Waals surface area contributed by atoms with Gasteiger partial charge in [0.25, 0.3) is 5.91 Å². The van der Waals surface area contributed by atoms with Crippen LogP contribution < -0.4 is 10.1 Å². The number of nitrogens with zero attached hydrogens (tertiary/aromatic N) is 3. The van der Waals surface area contributed by atoms with Gasteiger partial charge in [-0.3, -0.25) is 4.79 Å². The van der Waals surface area contributed by atoms with E-state index in [2.05, 4.69) is 15.6 Å². The first kappa shape index (κ1) is 16.7. The number of benzene rings is 2. The molecule has 1 amide bonds. The van der Waals surface area contributed by atoms with Gasteiger partial charge in [0.05, 0.1) is 18.0 Å². The minimum atomic E-state index is -0.292. The number of amides is 1. The first-order valence-corrected chi connectivity index (χ1v) is 8.12. The molecule has 0 unspecified atom stereocenters. The summed E-state index contributed by atoms with van der Waals surface area (Å²) in [5.74, 6) is 0.474. The largest absolute Gasteiger partial charge is 0.494 e. The topological polar surface area (TPSA) is 69.0 Å². The van der Waals surface area contributed by atoms with Gasteiger partial charge < -0.3 is 10.1 Å². The molecular formula is C19H20N4O2. The number of aromatic nitrogens is 3. The van der Waals surface area contributed by atoms with E-state index >= 15 is 0 Å². The Labute approximate surface area is 146 Å². The Kier molecular flexibility index (Phi) is 4.79. The van der Waals surface area contributed by atoms with Crippen molar-refractivity contribution in [1.29, 1.82) is 0 Å². The van der Waals surface area contributed by atoms with Crippen molar-refractivity contribution in [2.75, 3.05) is 11.9 Å². The fourth-order valence-corrected chi connectivity index (χ4v) is 2.46. The maximum absolute atomic E-state index is 12.5. The van der Waals surface area contributed by atoms with Crippen LogP contribution >= 0.6 is 0 Å². The zero-order chi connectivity index (χ0) is 17.8. The minimum absolute atomic E-state index is 0.292. The first-order valence-electron chi connectivity index (χ1n) is 8.12. The van der Waals surface area contributed by atoms with Gasteiger partial charge >= 0.3 is 0 Å². The quantitative estimate of drug-likeness (QED) is 0.774. The van der Waals surface area contributed by atoms with Gasteiger partial charge in [0, 0.05) is 5.69 Å². The van der Waals surface area contributed by atoms with Crippen LogP contribution in [-0.2, 0) is 0 Å². The number of anilines is 1. The van der Waals surface area contributed by atoms with E-state index in [9.17, 15) is 4.79 Å². The monoisotopic (exact) mass is 336 g/mol. The van der Waals surface area contributed by atoms with Crippen molar-refractivity contribution in [3.05, 3.63) is 65.5 Å². The summed E-state index contributed by atoms with van der Waals surface area (Å²) in [6, 6.07) is 15.1. The molecule has 1 aromatic heterocycles. The van der Waals surface area contributed by atoms with Crippen LogP contribution in [0.15, 0.2) is 48.5 Å². The van der Waals surface area contributed by atoms with Gasteiger partial charge in [-0.05, 0) is 57.2 Å². The Morgan fingerprint density at radius 3 is 2.40 bits per heavy atom. The fourth-order valence-electron chi connectivity index (χ4n) is 2.46. The Hall–Kier alpha value is -3.15. The second kappa shape index (κ2) is 7.17. The molecule has 0 radical (unpaired) electrons. The van der Waals surface area contributed by atoms with Crippen molar-refractivity contribution in [3.8, 4) is 11.4 Å². The lowest BCUT2D eigenvalue weighted by Gasteiger charge is -2.07. The van der Waals surface area contributed by atoms with Crippen molar-refractivity contribution in [2.24, 2.45) is 0 Å². The lowest BCUT2D eigenvalue weighted by molar-refractivity contribution is 0.102. The van der Waals surface area contributed by atoms with Gasteiger partial charge in [-0.2, -0.15) is 0 Å². The molecule has 0 aliphatic carbocycles. The summed E-state index contributed by atoms with van der Waals surface area (Å²) < 4.78 is 7.05. The second-order valence-electron chi connectivity index (χ2n) is 5.68. The molecule has 0 saturated heterocycles. The summed E-state index contributed by atoms with van der Waals surface area (Å²) in [7, 11) is 0. The van der Waals surface area contributed by atoms with Crippen molar-refractivity contribution in [3.63, 3.8) is 0 Å². The Balaban J connectivity index is 1.77. The predicted molar refractivity (Wildman–Crippen MR) is 96.4 cm³/mol. The zero-order valence-corrected chi connectivity index (χ0v) is 14.5. The molecule has 128 valence electrons. The SMILES string of the molecule is CCOc1ccc(NC(=O)c2nnn(-c3ccc(C)cc3)c2C)cc1. The van der Waals surface area contributed by atoms with Crippen molar-refractivity contribution in [1.82, 2.24) is 15.0 Å². The molecule has 0 bridgehead atoms. The van der Waals surface area contributed by atoms with Crippen LogP contribution in [0.4, 0.5) is 5.69 Å². The molecule has 6 heteroatoms. The second-order valence-corrected chi connectivity index (χ2v) is 5.68. The number of hydrogen-bond donors (Lipinski definition) is 1. The number of aryl methyl sites for hydroxylation is 1. The molecular weight excluding hydrogens is 316 g/mol. The molecule has 2 aromatic carbocycles. The van der Waals surface area contributed by atoms with Crippen LogP contribution in [0.5, 0.6) is 5.75 Å². The molecule has 0 spiro atoms. The normalized spacial score (nSPS) is 10.5. The van der Waals surface area contributed by atoms with Gasteiger partial charge in [0.1, 0.15) is 5.75 Å². The Morgan fingerprint density at radius 1 is 1.08 bits per heavy atom. The maximum atomic E-state index is 12.5. The van der Waals surface area contributed by atoms with E-state index < -0.39 is 0 Å². The lowest BCUT2D eigenvalue weighted by atomic mass is 10.2. The maximum Gasteiger partial charge on any atom is 0.278 e. The molecule has 25 heavy (non-hydrogen) atoms. The highest BCUT2D eigenvalue weighted by Gasteiger charge is 2.17. The summed E-state index contributed by atoms with van der Waals surface area (Å²) >= 11 is 0. The van der Waals surface area contributed by atoms with Gasteiger partial charge in [-0.15, -0.1) is 5.10 Å². The zero-order valence-electron chi connectivity index (χ0n) is 14.5. The summed E-state index contributed by atoms with van der Waals surface area (Å²) in [5, 5.41) is 11.0. The van der Waals surface area contributed by atoms with Crippen LogP contribution in [0.1, 0.15) is 28.7 Å². The molecule has 1 N–H and O–H groups in total. The van der Waals surface area contributed by atoms with E-state index in [1.54, 1.807) is 16.8 Å². The average molecular weight is 336 g/mol. The number of rotatable bonds is 5. The van der Waals surface area contributed by atoms with E-state index in [1.807, 2.05) is 57.2 Å². The van der Waals surface area contributed by atoms with Crippen LogP contribution in [-0.4, -0.2) is 27.5 Å². The van der Waals surface area contributed by atoms with E-state index in [0.29, 0.717) is 23.7 Å². The third-order valence-corrected chi connectivity index (χ3v) is 3.81. The Morgan fingerprint density at radius 2 is 1.76 bits per heavy atom. The molecule has 0 atom stereocenters. The van der Waals surface area contributed by atoms with Crippen LogP contribution in [0.3, 0.4) is 0 Å². The molecule has 0 fully saturated rings. The number of nitrogens with one attached hydrogen (secondary N) is 1. The van der Waals surface area contributed by atoms with Crippen molar-refractivity contribution < 1.29 is 9.53 Å². The number of carbonyl (C=O) groups excluding carboxylic acids is 1. The van der Waals surface area contributed by atoms with E-state index in [4.69, 9.17) is 4.74 Å². The third kappa shape index (κ3) is 3.68. The molecule has 1 heterocycles. The Bertz CT molecular complexity index is 867. The highest BCUT2D eigenvalue weighted by atomic mass is 16.5. The van der Waals surface area contributed by atoms with Gasteiger partial charge in [-0.1, -0.05) is 22.9 Å². The summed E-state index contributed by atoms with van der Waals surface area (Å²) in [5.41, 5.74) is 3.70. The number of carbonyl (C=O) groups is 1. The highest BCUT2D eigenvalue weighted by molar-refractivity contribution is 6.03. The smallest absolute Gasteiger partial charge is 0.278 e. The van der Waals surface area contributed by atoms with Crippen LogP contribution in [0, 0.1) is 13.8 Å². The van der Waals surface area contributed by atoms with Gasteiger partial charge in [0.15, 0.2) is 5.69 Å². The fraction of sp³-hybridized carbons (Fsp3) is 0.211. The summed E-state index contributed by atoms with van der Waals surface area (Å²) in [4.78, 5) is 12.5. The average Bonchev–Trinajstić information content (AvgIpc) is 2.99. The molecule has 0 saturated carbocycles. The van der Waals surface area contributed by atoms with Gasteiger partial charge in [-0.25, -0.2) is 4.68 Å². The molecule has 3 rings (SSSR count). The van der Waals surface area contributed by atoms with Crippen LogP contribution in [0.25, 0.3) is 5.69 Å². The molecule has 0 aliphatic heterocycles. The molecule has 6 nitrogen and oxygen atoms in total. The van der Waals surface area contributed by atoms with Crippen molar-refractivity contribution >= 4 is 11.6 Å². The molecule has 0 aliphatic rings. The minimum Gasteiger partial charge on any atom is -0.494 e. The van der Waals surface area contributed by atoms with Gasteiger partial charge in [0.2, 0.25) is 0 Å². The van der Waals surface area contributed by atoms with E-state index in [1.165, 1.54) is 0 Å². The predicted octanol–water partition coefficient (Wildman–Crippen LogP) is 3.54. The highest BCUT2D eigenvalue weighted by Crippen LogP contribution is 2.18. The standard InChI is InChI=1S/C19H20N4O2/c1-4-25-17-11-7-15(8-12-17)20-19(24)18-14(3)23(22-21-18)16-9-5-13(2)6-10-16/h5-12H,4H2,1-3H3,(H,20,24). The van der Waals surface area contributed by atoms with E-state index in [0.717, 1.165) is 17.0 Å². The first-order chi connectivity index (χ1) is 12.1. The van der Waals surface area contributed by atoms with Crippen molar-refractivity contribution in [2.45, 2.75) is 20.8 Å². The van der Waals surface area contributed by atoms with E-state index in [-0.39, 0.29) is 5.91 Å².